The molecule has 0 aromatic carbocycles. The van der Waals surface area contributed by atoms with Gasteiger partial charge >= 0.3 is 0 Å². The van der Waals surface area contributed by atoms with Gasteiger partial charge in [-0.1, -0.05) is 12.8 Å². The highest BCUT2D eigenvalue weighted by atomic mass is 32.1. The summed E-state index contributed by atoms with van der Waals surface area (Å²) in [4.78, 5) is 34.7. The van der Waals surface area contributed by atoms with Gasteiger partial charge in [0.2, 0.25) is 5.91 Å². The number of hydrogen-bond acceptors (Lipinski definition) is 6. The summed E-state index contributed by atoms with van der Waals surface area (Å²) >= 11 is 3.09. The van der Waals surface area contributed by atoms with E-state index >= 15 is 0 Å². The van der Waals surface area contributed by atoms with Crippen molar-refractivity contribution in [1.82, 2.24) is 20.1 Å². The van der Waals surface area contributed by atoms with Crippen LogP contribution >= 0.6 is 22.7 Å². The smallest absolute Gasteiger partial charge is 0.263 e. The Bertz CT molecular complexity index is 835. The molecule has 2 aromatic rings. The van der Waals surface area contributed by atoms with Crippen LogP contribution in [0.3, 0.4) is 0 Å². The van der Waals surface area contributed by atoms with Gasteiger partial charge < -0.3 is 10.2 Å². The number of amides is 2. The number of carbonyl (C=O) groups is 2. The van der Waals surface area contributed by atoms with Gasteiger partial charge in [0.15, 0.2) is 0 Å². The van der Waals surface area contributed by atoms with Crippen molar-refractivity contribution >= 4 is 34.5 Å². The maximum atomic E-state index is 12.6. The molecule has 1 saturated carbocycles. The number of aromatic nitrogens is 1. The van der Waals surface area contributed by atoms with Crippen LogP contribution in [0.25, 0.3) is 10.6 Å². The van der Waals surface area contributed by atoms with Crippen molar-refractivity contribution in [2.24, 2.45) is 5.92 Å². The Balaban J connectivity index is 1.21. The fraction of sp³-hybridized carbons (Fsp3) is 0.571. The van der Waals surface area contributed by atoms with E-state index in [0.717, 1.165) is 61.8 Å². The van der Waals surface area contributed by atoms with Crippen LogP contribution in [0.1, 0.15) is 41.0 Å². The zero-order valence-corrected chi connectivity index (χ0v) is 18.5. The first-order valence-electron chi connectivity index (χ1n) is 10.4. The lowest BCUT2D eigenvalue weighted by molar-refractivity contribution is -0.137. The lowest BCUT2D eigenvalue weighted by Crippen LogP contribution is -2.51. The zero-order valence-electron chi connectivity index (χ0n) is 16.9. The number of carbonyl (C=O) groups excluding carboxylic acids is 2. The third-order valence-corrected chi connectivity index (χ3v) is 7.76. The second-order valence-corrected chi connectivity index (χ2v) is 9.63. The Kier molecular flexibility index (Phi) is 6.62. The van der Waals surface area contributed by atoms with Gasteiger partial charge in [-0.05, 0) is 31.2 Å². The van der Waals surface area contributed by atoms with Gasteiger partial charge in [0.25, 0.3) is 5.91 Å². The van der Waals surface area contributed by atoms with Crippen LogP contribution in [-0.2, 0) is 4.79 Å². The average Bonchev–Trinajstić information content (AvgIpc) is 3.49. The van der Waals surface area contributed by atoms with Crippen molar-refractivity contribution < 1.29 is 9.59 Å². The SMILES string of the molecule is Cc1nc(-c2ccsc2)sc1C(=O)NCCN1CCN(C(=O)C2CCCC2)CC1. The van der Waals surface area contributed by atoms with Gasteiger partial charge in [-0.2, -0.15) is 11.3 Å². The molecule has 2 fully saturated rings. The topological polar surface area (TPSA) is 65.5 Å². The molecule has 2 aromatic heterocycles. The van der Waals surface area contributed by atoms with Crippen LogP contribution in [-0.4, -0.2) is 65.9 Å². The lowest BCUT2D eigenvalue weighted by Gasteiger charge is -2.36. The van der Waals surface area contributed by atoms with Crippen LogP contribution < -0.4 is 5.32 Å². The molecule has 0 atom stereocenters. The number of nitrogens with one attached hydrogen (secondary N) is 1. The van der Waals surface area contributed by atoms with Crippen LogP contribution in [0.2, 0.25) is 0 Å². The number of nitrogens with zero attached hydrogens (tertiary/aromatic N) is 3. The largest absolute Gasteiger partial charge is 0.350 e. The minimum absolute atomic E-state index is 0.0449. The van der Waals surface area contributed by atoms with E-state index in [0.29, 0.717) is 17.3 Å². The van der Waals surface area contributed by atoms with E-state index in [4.69, 9.17) is 0 Å². The van der Waals surface area contributed by atoms with E-state index in [-0.39, 0.29) is 11.8 Å². The summed E-state index contributed by atoms with van der Waals surface area (Å²) in [5.41, 5.74) is 1.86. The molecule has 29 heavy (non-hydrogen) atoms. The predicted octanol–water partition coefficient (Wildman–Crippen LogP) is 3.24. The van der Waals surface area contributed by atoms with Gasteiger partial charge in [-0.25, -0.2) is 4.98 Å². The Morgan fingerprint density at radius 1 is 1.21 bits per heavy atom. The molecule has 8 heteroatoms. The molecule has 1 aliphatic carbocycles. The first-order chi connectivity index (χ1) is 14.1. The average molecular weight is 433 g/mol. The highest BCUT2D eigenvalue weighted by Gasteiger charge is 2.29. The Labute approximate surface area is 179 Å². The molecule has 1 saturated heterocycles. The fourth-order valence-corrected chi connectivity index (χ4v) is 5.84. The normalized spacial score (nSPS) is 18.3. The molecule has 6 nitrogen and oxygen atoms in total. The first kappa shape index (κ1) is 20.5. The van der Waals surface area contributed by atoms with E-state index in [2.05, 4.69) is 20.6 Å². The van der Waals surface area contributed by atoms with Crippen LogP contribution in [0.15, 0.2) is 16.8 Å². The quantitative estimate of drug-likeness (QED) is 0.761. The molecule has 0 spiro atoms. The third-order valence-electron chi connectivity index (χ3n) is 5.87. The predicted molar refractivity (Wildman–Crippen MR) is 117 cm³/mol. The second-order valence-electron chi connectivity index (χ2n) is 7.85. The molecule has 0 radical (unpaired) electrons. The number of aryl methyl sites for hydroxylation is 1. The van der Waals surface area contributed by atoms with Crippen molar-refractivity contribution in [3.63, 3.8) is 0 Å². The minimum Gasteiger partial charge on any atom is -0.350 e. The third kappa shape index (κ3) is 4.87. The Hall–Kier alpha value is -1.77. The van der Waals surface area contributed by atoms with Crippen molar-refractivity contribution in [3.05, 3.63) is 27.4 Å². The summed E-state index contributed by atoms with van der Waals surface area (Å²) in [6, 6.07) is 2.03. The Morgan fingerprint density at radius 3 is 2.66 bits per heavy atom. The minimum atomic E-state index is -0.0449. The van der Waals surface area contributed by atoms with Crippen molar-refractivity contribution in [2.75, 3.05) is 39.3 Å². The van der Waals surface area contributed by atoms with Crippen molar-refractivity contribution in [1.29, 1.82) is 0 Å². The van der Waals surface area contributed by atoms with Crippen molar-refractivity contribution in [3.8, 4) is 10.6 Å². The number of rotatable bonds is 6. The number of thiophene rings is 1. The summed E-state index contributed by atoms with van der Waals surface area (Å²) in [6.45, 7) is 6.70. The van der Waals surface area contributed by atoms with Gasteiger partial charge in [0.05, 0.1) is 5.69 Å². The standard InChI is InChI=1S/C21H28N4O2S2/c1-15-18(29-20(23-15)17-6-13-28-14-17)19(26)22-7-8-24-9-11-25(12-10-24)21(27)16-4-2-3-5-16/h6,13-14,16H,2-5,7-12H2,1H3,(H,22,26). The molecule has 0 bridgehead atoms. The van der Waals surface area contributed by atoms with Gasteiger partial charge in [-0.3, -0.25) is 14.5 Å². The molecular formula is C21H28N4O2S2. The molecule has 156 valence electrons. The van der Waals surface area contributed by atoms with E-state index in [1.165, 1.54) is 24.2 Å². The molecule has 1 aliphatic heterocycles. The molecule has 0 unspecified atom stereocenters. The van der Waals surface area contributed by atoms with Crippen LogP contribution in [0, 0.1) is 12.8 Å². The van der Waals surface area contributed by atoms with Gasteiger partial charge in [0.1, 0.15) is 9.88 Å². The molecule has 2 amide bonds. The summed E-state index contributed by atoms with van der Waals surface area (Å²) in [5, 5.41) is 8.01. The van der Waals surface area contributed by atoms with E-state index < -0.39 is 0 Å². The lowest BCUT2D eigenvalue weighted by atomic mass is 10.1. The summed E-state index contributed by atoms with van der Waals surface area (Å²) in [6.07, 6.45) is 4.53. The molecule has 3 heterocycles. The van der Waals surface area contributed by atoms with Crippen LogP contribution in [0.5, 0.6) is 0 Å². The number of hydrogen-bond donors (Lipinski definition) is 1. The second kappa shape index (κ2) is 9.36. The monoisotopic (exact) mass is 432 g/mol. The van der Waals surface area contributed by atoms with E-state index in [1.54, 1.807) is 11.3 Å². The molecule has 1 N–H and O–H groups in total. The van der Waals surface area contributed by atoms with E-state index in [9.17, 15) is 9.59 Å². The maximum Gasteiger partial charge on any atom is 0.263 e. The summed E-state index contributed by atoms with van der Waals surface area (Å²) in [5.74, 6) is 0.580. The van der Waals surface area contributed by atoms with Crippen molar-refractivity contribution in [2.45, 2.75) is 32.6 Å². The number of thiazole rings is 1. The van der Waals surface area contributed by atoms with Gasteiger partial charge in [-0.15, -0.1) is 11.3 Å². The maximum absolute atomic E-state index is 12.6. The summed E-state index contributed by atoms with van der Waals surface area (Å²) in [7, 11) is 0. The zero-order chi connectivity index (χ0) is 20.2. The molecule has 2 aliphatic rings. The Morgan fingerprint density at radius 2 is 1.97 bits per heavy atom. The van der Waals surface area contributed by atoms with Gasteiger partial charge in [0, 0.05) is 56.1 Å². The fourth-order valence-electron chi connectivity index (χ4n) is 4.15. The highest BCUT2D eigenvalue weighted by molar-refractivity contribution is 7.17. The highest BCUT2D eigenvalue weighted by Crippen LogP contribution is 2.29. The molecular weight excluding hydrogens is 404 g/mol. The molecule has 4 rings (SSSR count). The first-order valence-corrected chi connectivity index (χ1v) is 12.2. The van der Waals surface area contributed by atoms with E-state index in [1.807, 2.05) is 23.3 Å². The number of piperazine rings is 1. The summed E-state index contributed by atoms with van der Waals surface area (Å²) < 4.78 is 0. The van der Waals surface area contributed by atoms with Crippen LogP contribution in [0.4, 0.5) is 0 Å².